The lowest BCUT2D eigenvalue weighted by atomic mass is 10.2. The van der Waals surface area contributed by atoms with Crippen LogP contribution in [0.15, 0.2) is 30.3 Å². The number of benzene rings is 1. The zero-order valence-electron chi connectivity index (χ0n) is 8.24. The van der Waals surface area contributed by atoms with Crippen LogP contribution in [0.2, 0.25) is 0 Å². The number of nitrogens with one attached hydrogen (secondary N) is 1. The van der Waals surface area contributed by atoms with Gasteiger partial charge >= 0.3 is 0 Å². The van der Waals surface area contributed by atoms with Gasteiger partial charge in [0.05, 0.1) is 0 Å². The van der Waals surface area contributed by atoms with Gasteiger partial charge in [-0.2, -0.15) is 0 Å². The van der Waals surface area contributed by atoms with Crippen molar-refractivity contribution in [2.75, 3.05) is 13.1 Å². The average molecular weight is 208 g/mol. The van der Waals surface area contributed by atoms with Gasteiger partial charge in [-0.1, -0.05) is 12.1 Å². The van der Waals surface area contributed by atoms with E-state index in [0.717, 1.165) is 5.56 Å². The van der Waals surface area contributed by atoms with E-state index in [-0.39, 0.29) is 11.7 Å². The van der Waals surface area contributed by atoms with Crippen molar-refractivity contribution < 1.29 is 9.18 Å². The van der Waals surface area contributed by atoms with Crippen LogP contribution in [0.25, 0.3) is 6.08 Å². The SMILES string of the molecule is NCCNC(=O)/C=C/c1ccc(F)cc1. The molecule has 1 rings (SSSR count). The molecule has 3 nitrogen and oxygen atoms in total. The van der Waals surface area contributed by atoms with Gasteiger partial charge in [-0.3, -0.25) is 4.79 Å². The number of carbonyl (C=O) groups is 1. The minimum Gasteiger partial charge on any atom is -0.351 e. The van der Waals surface area contributed by atoms with Crippen molar-refractivity contribution in [3.8, 4) is 0 Å². The van der Waals surface area contributed by atoms with Gasteiger partial charge in [0, 0.05) is 19.2 Å². The highest BCUT2D eigenvalue weighted by Crippen LogP contribution is 2.04. The molecule has 0 aliphatic rings. The summed E-state index contributed by atoms with van der Waals surface area (Å²) in [6, 6.07) is 5.89. The van der Waals surface area contributed by atoms with Crippen molar-refractivity contribution in [1.82, 2.24) is 5.32 Å². The summed E-state index contributed by atoms with van der Waals surface area (Å²) in [7, 11) is 0. The Bertz CT molecular complexity index is 346. The van der Waals surface area contributed by atoms with Gasteiger partial charge in [-0.05, 0) is 23.8 Å². The molecule has 0 fully saturated rings. The van der Waals surface area contributed by atoms with Crippen LogP contribution in [0, 0.1) is 5.82 Å². The molecule has 0 spiro atoms. The number of carbonyl (C=O) groups excluding carboxylic acids is 1. The van der Waals surface area contributed by atoms with E-state index in [1.165, 1.54) is 18.2 Å². The van der Waals surface area contributed by atoms with E-state index in [9.17, 15) is 9.18 Å². The predicted molar refractivity (Wildman–Crippen MR) is 57.5 cm³/mol. The lowest BCUT2D eigenvalue weighted by Gasteiger charge is -1.97. The highest BCUT2D eigenvalue weighted by Gasteiger charge is 1.93. The van der Waals surface area contributed by atoms with Crippen molar-refractivity contribution >= 4 is 12.0 Å². The Labute approximate surface area is 87.8 Å². The third kappa shape index (κ3) is 4.37. The number of halogens is 1. The van der Waals surface area contributed by atoms with Gasteiger partial charge < -0.3 is 11.1 Å². The lowest BCUT2D eigenvalue weighted by Crippen LogP contribution is -2.27. The maximum Gasteiger partial charge on any atom is 0.244 e. The molecule has 4 heteroatoms. The number of hydrogen-bond acceptors (Lipinski definition) is 2. The van der Waals surface area contributed by atoms with Crippen LogP contribution < -0.4 is 11.1 Å². The Morgan fingerprint density at radius 3 is 2.67 bits per heavy atom. The van der Waals surface area contributed by atoms with Gasteiger partial charge in [0.1, 0.15) is 5.82 Å². The number of hydrogen-bond donors (Lipinski definition) is 2. The second-order valence-corrected chi connectivity index (χ2v) is 2.96. The summed E-state index contributed by atoms with van der Waals surface area (Å²) in [5.74, 6) is -0.496. The molecule has 0 aliphatic carbocycles. The molecule has 0 unspecified atom stereocenters. The zero-order chi connectivity index (χ0) is 11.1. The molecule has 0 aromatic heterocycles. The van der Waals surface area contributed by atoms with Crippen LogP contribution in [-0.4, -0.2) is 19.0 Å². The molecular formula is C11H13FN2O. The smallest absolute Gasteiger partial charge is 0.244 e. The molecule has 3 N–H and O–H groups in total. The summed E-state index contributed by atoms with van der Waals surface area (Å²) >= 11 is 0. The topological polar surface area (TPSA) is 55.1 Å². The molecule has 80 valence electrons. The number of rotatable bonds is 4. The van der Waals surface area contributed by atoms with E-state index in [2.05, 4.69) is 5.32 Å². The third-order valence-corrected chi connectivity index (χ3v) is 1.74. The first kappa shape index (κ1) is 11.4. The Balaban J connectivity index is 2.50. The Hall–Kier alpha value is -1.68. The second-order valence-electron chi connectivity index (χ2n) is 2.96. The Morgan fingerprint density at radius 2 is 2.07 bits per heavy atom. The predicted octanol–water partition coefficient (Wildman–Crippen LogP) is 0.914. The molecule has 0 radical (unpaired) electrons. The summed E-state index contributed by atoms with van der Waals surface area (Å²) in [5.41, 5.74) is 6.00. The minimum absolute atomic E-state index is 0.204. The fraction of sp³-hybridized carbons (Fsp3) is 0.182. The normalized spacial score (nSPS) is 10.5. The first-order valence-corrected chi connectivity index (χ1v) is 4.64. The summed E-state index contributed by atoms with van der Waals surface area (Å²) in [6.45, 7) is 0.864. The highest BCUT2D eigenvalue weighted by molar-refractivity contribution is 5.91. The van der Waals surface area contributed by atoms with Gasteiger partial charge in [-0.15, -0.1) is 0 Å². The van der Waals surface area contributed by atoms with Crippen molar-refractivity contribution in [2.24, 2.45) is 5.73 Å². The standard InChI is InChI=1S/C11H13FN2O/c12-10-4-1-9(2-5-10)3-6-11(15)14-8-7-13/h1-6H,7-8,13H2,(H,14,15)/b6-3+. The van der Waals surface area contributed by atoms with Crippen LogP contribution in [0.3, 0.4) is 0 Å². The van der Waals surface area contributed by atoms with Crippen molar-refractivity contribution in [3.05, 3.63) is 41.7 Å². The number of amides is 1. The van der Waals surface area contributed by atoms with Gasteiger partial charge in [0.15, 0.2) is 0 Å². The summed E-state index contributed by atoms with van der Waals surface area (Å²) < 4.78 is 12.5. The van der Waals surface area contributed by atoms with Crippen LogP contribution in [0.4, 0.5) is 4.39 Å². The molecule has 0 saturated heterocycles. The Kier molecular flexibility index (Phi) is 4.50. The van der Waals surface area contributed by atoms with E-state index in [4.69, 9.17) is 5.73 Å². The van der Waals surface area contributed by atoms with Gasteiger partial charge in [-0.25, -0.2) is 4.39 Å². The summed E-state index contributed by atoms with van der Waals surface area (Å²) in [4.78, 5) is 11.1. The summed E-state index contributed by atoms with van der Waals surface area (Å²) in [5, 5.41) is 2.59. The quantitative estimate of drug-likeness (QED) is 0.723. The second kappa shape index (κ2) is 5.93. The Morgan fingerprint density at radius 1 is 1.40 bits per heavy atom. The van der Waals surface area contributed by atoms with E-state index < -0.39 is 0 Å². The molecule has 1 amide bonds. The van der Waals surface area contributed by atoms with Crippen molar-refractivity contribution in [3.63, 3.8) is 0 Å². The minimum atomic E-state index is -0.292. The molecule has 0 bridgehead atoms. The van der Waals surface area contributed by atoms with E-state index in [0.29, 0.717) is 13.1 Å². The fourth-order valence-corrected chi connectivity index (χ4v) is 1.00. The summed E-state index contributed by atoms with van der Waals surface area (Å²) in [6.07, 6.45) is 3.01. The maximum atomic E-state index is 12.5. The maximum absolute atomic E-state index is 12.5. The average Bonchev–Trinajstić information content (AvgIpc) is 2.25. The van der Waals surface area contributed by atoms with E-state index >= 15 is 0 Å². The van der Waals surface area contributed by atoms with E-state index in [1.54, 1.807) is 18.2 Å². The van der Waals surface area contributed by atoms with E-state index in [1.807, 2.05) is 0 Å². The van der Waals surface area contributed by atoms with Crippen molar-refractivity contribution in [1.29, 1.82) is 0 Å². The molecule has 0 saturated carbocycles. The molecule has 1 aromatic carbocycles. The molecule has 1 aromatic rings. The third-order valence-electron chi connectivity index (χ3n) is 1.74. The van der Waals surface area contributed by atoms with Crippen LogP contribution in [0.1, 0.15) is 5.56 Å². The first-order chi connectivity index (χ1) is 7.22. The van der Waals surface area contributed by atoms with Crippen molar-refractivity contribution in [2.45, 2.75) is 0 Å². The molecule has 0 aliphatic heterocycles. The molecular weight excluding hydrogens is 195 g/mol. The molecule has 15 heavy (non-hydrogen) atoms. The van der Waals surface area contributed by atoms with Gasteiger partial charge in [0.2, 0.25) is 5.91 Å². The van der Waals surface area contributed by atoms with Crippen LogP contribution in [-0.2, 0) is 4.79 Å². The molecule has 0 heterocycles. The molecule has 0 atom stereocenters. The first-order valence-electron chi connectivity index (χ1n) is 4.64. The zero-order valence-corrected chi connectivity index (χ0v) is 8.24. The monoisotopic (exact) mass is 208 g/mol. The van der Waals surface area contributed by atoms with Crippen LogP contribution >= 0.6 is 0 Å². The largest absolute Gasteiger partial charge is 0.351 e. The van der Waals surface area contributed by atoms with Crippen LogP contribution in [0.5, 0.6) is 0 Å². The highest BCUT2D eigenvalue weighted by atomic mass is 19.1. The number of nitrogens with two attached hydrogens (primary N) is 1. The lowest BCUT2D eigenvalue weighted by molar-refractivity contribution is -0.116. The fourth-order valence-electron chi connectivity index (χ4n) is 1.00. The van der Waals surface area contributed by atoms with Gasteiger partial charge in [0.25, 0.3) is 0 Å².